The molecule has 6 nitrogen and oxygen atoms in total. The van der Waals surface area contributed by atoms with Crippen LogP contribution in [0.15, 0.2) is 52.4 Å². The summed E-state index contributed by atoms with van der Waals surface area (Å²) in [5.74, 6) is 0.154. The van der Waals surface area contributed by atoms with Gasteiger partial charge in [-0.15, -0.1) is 5.10 Å². The molecule has 0 saturated carbocycles. The second kappa shape index (κ2) is 6.29. The van der Waals surface area contributed by atoms with Crippen molar-refractivity contribution in [1.29, 1.82) is 0 Å². The standard InChI is InChI=1S/C17H16FN3O3S/c1-11-4-5-13(10-16(11)18)21-12(2)17(19-20-21)25(22,23)15-8-6-14(24-3)7-9-15/h4-10H,1-3H3. The largest absolute Gasteiger partial charge is 0.497 e. The van der Waals surface area contributed by atoms with Crippen LogP contribution in [0, 0.1) is 19.7 Å². The first-order valence-corrected chi connectivity index (χ1v) is 8.91. The zero-order valence-electron chi connectivity index (χ0n) is 13.9. The van der Waals surface area contributed by atoms with Gasteiger partial charge in [0.1, 0.15) is 11.6 Å². The number of nitrogens with zero attached hydrogens (tertiary/aromatic N) is 3. The summed E-state index contributed by atoms with van der Waals surface area (Å²) in [6, 6.07) is 10.6. The quantitative estimate of drug-likeness (QED) is 0.714. The Kier molecular flexibility index (Phi) is 4.30. The fraction of sp³-hybridized carbons (Fsp3) is 0.176. The van der Waals surface area contributed by atoms with Crippen molar-refractivity contribution in [2.45, 2.75) is 23.8 Å². The average Bonchev–Trinajstić information content (AvgIpc) is 2.99. The Balaban J connectivity index is 2.06. The van der Waals surface area contributed by atoms with Crippen LogP contribution in [-0.2, 0) is 9.84 Å². The third kappa shape index (κ3) is 3.00. The number of halogens is 1. The molecule has 8 heteroatoms. The van der Waals surface area contributed by atoms with E-state index in [1.807, 2.05) is 0 Å². The van der Waals surface area contributed by atoms with Gasteiger partial charge >= 0.3 is 0 Å². The van der Waals surface area contributed by atoms with Gasteiger partial charge in [-0.3, -0.25) is 0 Å². The summed E-state index contributed by atoms with van der Waals surface area (Å²) >= 11 is 0. The third-order valence-corrected chi connectivity index (χ3v) is 5.66. The molecule has 0 N–H and O–H groups in total. The number of sulfone groups is 1. The Labute approximate surface area is 144 Å². The van der Waals surface area contributed by atoms with Crippen LogP contribution >= 0.6 is 0 Å². The molecule has 1 aromatic heterocycles. The molecule has 0 aliphatic heterocycles. The first-order valence-electron chi connectivity index (χ1n) is 7.42. The first kappa shape index (κ1) is 17.1. The average molecular weight is 361 g/mol. The van der Waals surface area contributed by atoms with Crippen molar-refractivity contribution >= 4 is 9.84 Å². The molecule has 0 aliphatic rings. The minimum Gasteiger partial charge on any atom is -0.497 e. The van der Waals surface area contributed by atoms with Crippen LogP contribution in [-0.4, -0.2) is 30.5 Å². The fourth-order valence-corrected chi connectivity index (χ4v) is 3.73. The second-order valence-corrected chi connectivity index (χ2v) is 7.37. The van der Waals surface area contributed by atoms with E-state index in [2.05, 4.69) is 10.3 Å². The van der Waals surface area contributed by atoms with Gasteiger partial charge in [0.15, 0.2) is 0 Å². The highest BCUT2D eigenvalue weighted by Gasteiger charge is 2.26. The summed E-state index contributed by atoms with van der Waals surface area (Å²) in [7, 11) is -2.34. The number of methoxy groups -OCH3 is 1. The van der Waals surface area contributed by atoms with Gasteiger partial charge in [-0.25, -0.2) is 17.5 Å². The summed E-state index contributed by atoms with van der Waals surface area (Å²) < 4.78 is 45.7. The summed E-state index contributed by atoms with van der Waals surface area (Å²) in [6.07, 6.45) is 0. The highest BCUT2D eigenvalue weighted by atomic mass is 32.2. The minimum atomic E-state index is -3.84. The van der Waals surface area contributed by atoms with E-state index in [4.69, 9.17) is 4.74 Å². The molecule has 0 radical (unpaired) electrons. The van der Waals surface area contributed by atoms with E-state index in [-0.39, 0.29) is 9.92 Å². The molecule has 0 atom stereocenters. The third-order valence-electron chi connectivity index (χ3n) is 3.88. The van der Waals surface area contributed by atoms with Gasteiger partial charge in [0.05, 0.1) is 23.4 Å². The summed E-state index contributed by atoms with van der Waals surface area (Å²) in [4.78, 5) is 0.0820. The monoisotopic (exact) mass is 361 g/mol. The van der Waals surface area contributed by atoms with Crippen LogP contribution in [0.3, 0.4) is 0 Å². The van der Waals surface area contributed by atoms with E-state index >= 15 is 0 Å². The molecular formula is C17H16FN3O3S. The molecular weight excluding hydrogens is 345 g/mol. The first-order chi connectivity index (χ1) is 11.8. The molecule has 3 aromatic rings. The predicted octanol–water partition coefficient (Wildman–Crippen LogP) is 2.86. The van der Waals surface area contributed by atoms with Crippen molar-refractivity contribution in [3.05, 3.63) is 59.5 Å². The van der Waals surface area contributed by atoms with Crippen LogP contribution in [0.4, 0.5) is 4.39 Å². The molecule has 2 aromatic carbocycles. The SMILES string of the molecule is COc1ccc(S(=O)(=O)c2nnn(-c3ccc(C)c(F)c3)c2C)cc1. The summed E-state index contributed by atoms with van der Waals surface area (Å²) in [5.41, 5.74) is 1.20. The van der Waals surface area contributed by atoms with Crippen molar-refractivity contribution < 1.29 is 17.5 Å². The molecule has 0 aliphatic carbocycles. The summed E-state index contributed by atoms with van der Waals surface area (Å²) in [6.45, 7) is 3.22. The molecule has 1 heterocycles. The van der Waals surface area contributed by atoms with Gasteiger partial charge in [-0.05, 0) is 55.8 Å². The number of rotatable bonds is 4. The molecule has 130 valence electrons. The Morgan fingerprint density at radius 2 is 1.76 bits per heavy atom. The smallest absolute Gasteiger partial charge is 0.227 e. The Morgan fingerprint density at radius 3 is 2.36 bits per heavy atom. The fourth-order valence-electron chi connectivity index (χ4n) is 2.39. The van der Waals surface area contributed by atoms with E-state index < -0.39 is 15.7 Å². The number of aromatic nitrogens is 3. The van der Waals surface area contributed by atoms with Gasteiger partial charge in [0.25, 0.3) is 0 Å². The van der Waals surface area contributed by atoms with Crippen LogP contribution < -0.4 is 4.74 Å². The van der Waals surface area contributed by atoms with E-state index in [1.54, 1.807) is 38.1 Å². The van der Waals surface area contributed by atoms with E-state index in [1.165, 1.54) is 30.0 Å². The van der Waals surface area contributed by atoms with E-state index in [0.29, 0.717) is 22.7 Å². The molecule has 0 saturated heterocycles. The Hall–Kier alpha value is -2.74. The van der Waals surface area contributed by atoms with Crippen LogP contribution in [0.25, 0.3) is 5.69 Å². The number of benzene rings is 2. The van der Waals surface area contributed by atoms with Crippen LogP contribution in [0.1, 0.15) is 11.3 Å². The number of aryl methyl sites for hydroxylation is 1. The molecule has 3 rings (SSSR count). The van der Waals surface area contributed by atoms with Crippen LogP contribution in [0.2, 0.25) is 0 Å². The second-order valence-electron chi connectivity index (χ2n) is 5.50. The van der Waals surface area contributed by atoms with E-state index in [0.717, 1.165) is 0 Å². The zero-order valence-corrected chi connectivity index (χ0v) is 14.7. The number of hydrogen-bond donors (Lipinski definition) is 0. The predicted molar refractivity (Wildman–Crippen MR) is 89.2 cm³/mol. The van der Waals surface area contributed by atoms with Crippen molar-refractivity contribution in [2.24, 2.45) is 0 Å². The van der Waals surface area contributed by atoms with Gasteiger partial charge in [0.2, 0.25) is 14.9 Å². The highest BCUT2D eigenvalue weighted by Crippen LogP contribution is 2.25. The minimum absolute atomic E-state index is 0.0820. The van der Waals surface area contributed by atoms with Crippen LogP contribution in [0.5, 0.6) is 5.75 Å². The van der Waals surface area contributed by atoms with Crippen molar-refractivity contribution in [3.8, 4) is 11.4 Å². The normalized spacial score (nSPS) is 11.5. The maximum atomic E-state index is 13.8. The molecule has 0 amide bonds. The molecule has 0 bridgehead atoms. The van der Waals surface area contributed by atoms with Gasteiger partial charge in [0, 0.05) is 0 Å². The lowest BCUT2D eigenvalue weighted by atomic mass is 10.2. The molecule has 0 unspecified atom stereocenters. The van der Waals surface area contributed by atoms with Gasteiger partial charge < -0.3 is 4.74 Å². The van der Waals surface area contributed by atoms with Crippen molar-refractivity contribution in [3.63, 3.8) is 0 Å². The molecule has 0 fully saturated rings. The number of hydrogen-bond acceptors (Lipinski definition) is 5. The van der Waals surface area contributed by atoms with Crippen molar-refractivity contribution in [1.82, 2.24) is 15.0 Å². The zero-order chi connectivity index (χ0) is 18.2. The maximum Gasteiger partial charge on any atom is 0.227 e. The molecule has 0 spiro atoms. The lowest BCUT2D eigenvalue weighted by Crippen LogP contribution is -2.06. The van der Waals surface area contributed by atoms with E-state index in [9.17, 15) is 12.8 Å². The highest BCUT2D eigenvalue weighted by molar-refractivity contribution is 7.91. The lowest BCUT2D eigenvalue weighted by molar-refractivity contribution is 0.414. The maximum absolute atomic E-state index is 13.8. The lowest BCUT2D eigenvalue weighted by Gasteiger charge is -2.06. The van der Waals surface area contributed by atoms with Crippen molar-refractivity contribution in [2.75, 3.05) is 7.11 Å². The molecule has 25 heavy (non-hydrogen) atoms. The summed E-state index contributed by atoms with van der Waals surface area (Å²) in [5, 5.41) is 7.52. The Morgan fingerprint density at radius 1 is 1.08 bits per heavy atom. The number of ether oxygens (including phenoxy) is 1. The van der Waals surface area contributed by atoms with Gasteiger partial charge in [-0.1, -0.05) is 11.3 Å². The Bertz CT molecular complexity index is 1030. The topological polar surface area (TPSA) is 74.1 Å². The van der Waals surface area contributed by atoms with Gasteiger partial charge in [-0.2, -0.15) is 0 Å².